The Morgan fingerprint density at radius 3 is 2.27 bits per heavy atom. The Hall–Kier alpha value is -5.00. The fraction of sp³-hybridized carbons (Fsp3) is 0.351. The Bertz CT molecular complexity index is 1890. The molecule has 2 aromatic carbocycles. The minimum Gasteiger partial charge on any atom is -0.467 e. The highest BCUT2D eigenvalue weighted by Crippen LogP contribution is 2.55. The van der Waals surface area contributed by atoms with Gasteiger partial charge in [-0.3, -0.25) is 14.6 Å². The van der Waals surface area contributed by atoms with Crippen molar-refractivity contribution in [2.75, 3.05) is 26.7 Å². The van der Waals surface area contributed by atoms with Crippen molar-refractivity contribution < 1.29 is 36.7 Å². The third-order valence-corrected chi connectivity index (χ3v) is 10.2. The van der Waals surface area contributed by atoms with Crippen molar-refractivity contribution in [3.63, 3.8) is 0 Å². The molecule has 0 saturated carbocycles. The Kier molecular flexibility index (Phi) is 8.28. The van der Waals surface area contributed by atoms with E-state index >= 15 is 0 Å². The summed E-state index contributed by atoms with van der Waals surface area (Å²) < 4.78 is 61.2. The van der Waals surface area contributed by atoms with Crippen LogP contribution in [0.3, 0.4) is 0 Å². The average molecular weight is 675 g/mol. The molecule has 12 heteroatoms. The lowest BCUT2D eigenvalue weighted by Gasteiger charge is -2.40. The van der Waals surface area contributed by atoms with Crippen molar-refractivity contribution in [1.29, 1.82) is 0 Å². The minimum absolute atomic E-state index is 0.0303. The molecule has 0 N–H and O–H groups in total. The number of fused-ring (bicyclic) bond motifs is 3. The first-order chi connectivity index (χ1) is 23.5. The summed E-state index contributed by atoms with van der Waals surface area (Å²) in [6.07, 6.45) is -1.27. The topological polar surface area (TPSA) is 84.7 Å². The quantitative estimate of drug-likeness (QED) is 0.180. The van der Waals surface area contributed by atoms with Gasteiger partial charge in [-0.15, -0.1) is 0 Å². The Balaban J connectivity index is 1.37. The van der Waals surface area contributed by atoms with Gasteiger partial charge in [-0.05, 0) is 78.3 Å². The predicted molar refractivity (Wildman–Crippen MR) is 170 cm³/mol. The van der Waals surface area contributed by atoms with Gasteiger partial charge in [-0.1, -0.05) is 36.4 Å². The van der Waals surface area contributed by atoms with Gasteiger partial charge in [0.05, 0.1) is 7.11 Å². The van der Waals surface area contributed by atoms with Crippen LogP contribution in [0.25, 0.3) is 0 Å². The molecular formula is C37H34F4N4O4. The number of pyridine rings is 1. The van der Waals surface area contributed by atoms with Crippen molar-refractivity contribution in [3.8, 4) is 0 Å². The van der Waals surface area contributed by atoms with Crippen molar-refractivity contribution in [1.82, 2.24) is 19.4 Å². The first kappa shape index (κ1) is 32.5. The van der Waals surface area contributed by atoms with Crippen LogP contribution in [0, 0.1) is 11.7 Å². The first-order valence-electron chi connectivity index (χ1n) is 16.2. The Morgan fingerprint density at radius 1 is 0.939 bits per heavy atom. The molecular weight excluding hydrogens is 640 g/mol. The van der Waals surface area contributed by atoms with E-state index in [2.05, 4.69) is 4.98 Å². The zero-order chi connectivity index (χ0) is 34.5. The molecule has 0 radical (unpaired) electrons. The minimum atomic E-state index is -4.59. The number of hydrogen-bond donors (Lipinski definition) is 0. The molecule has 49 heavy (non-hydrogen) atoms. The maximum atomic E-state index is 14.3. The van der Waals surface area contributed by atoms with Gasteiger partial charge in [-0.25, -0.2) is 9.18 Å². The van der Waals surface area contributed by atoms with Crippen LogP contribution in [0.5, 0.6) is 0 Å². The van der Waals surface area contributed by atoms with Crippen LogP contribution in [-0.4, -0.2) is 69.4 Å². The van der Waals surface area contributed by atoms with Crippen LogP contribution >= 0.6 is 0 Å². The Labute approximate surface area is 280 Å². The number of benzene rings is 2. The maximum absolute atomic E-state index is 14.3. The third kappa shape index (κ3) is 5.66. The second-order valence-electron chi connectivity index (χ2n) is 13.0. The lowest BCUT2D eigenvalue weighted by Crippen LogP contribution is -2.58. The zero-order valence-electron chi connectivity index (χ0n) is 26.8. The number of likely N-dealkylation sites (tertiary alicyclic amines) is 2. The van der Waals surface area contributed by atoms with E-state index in [1.165, 1.54) is 31.5 Å². The highest BCUT2D eigenvalue weighted by molar-refractivity contribution is 6.00. The van der Waals surface area contributed by atoms with Gasteiger partial charge < -0.3 is 19.1 Å². The van der Waals surface area contributed by atoms with Crippen LogP contribution in [-0.2, 0) is 35.1 Å². The summed E-state index contributed by atoms with van der Waals surface area (Å²) in [6.45, 7) is 1.46. The van der Waals surface area contributed by atoms with E-state index in [-0.39, 0.29) is 37.2 Å². The third-order valence-electron chi connectivity index (χ3n) is 10.2. The summed E-state index contributed by atoms with van der Waals surface area (Å²) in [6, 6.07) is 18.5. The van der Waals surface area contributed by atoms with Crippen LogP contribution in [0.1, 0.15) is 67.7 Å². The summed E-state index contributed by atoms with van der Waals surface area (Å²) in [4.78, 5) is 49.5. The number of aromatic nitrogens is 2. The van der Waals surface area contributed by atoms with Gasteiger partial charge in [0, 0.05) is 56.0 Å². The fourth-order valence-corrected chi connectivity index (χ4v) is 8.02. The van der Waals surface area contributed by atoms with Gasteiger partial charge >= 0.3 is 12.1 Å². The highest BCUT2D eigenvalue weighted by Gasteiger charge is 2.64. The molecule has 7 rings (SSSR count). The molecule has 0 bridgehead atoms. The van der Waals surface area contributed by atoms with Crippen molar-refractivity contribution in [2.45, 2.75) is 49.9 Å². The largest absolute Gasteiger partial charge is 0.467 e. The number of methoxy groups -OCH3 is 1. The van der Waals surface area contributed by atoms with Crippen LogP contribution in [0.15, 0.2) is 79.0 Å². The van der Waals surface area contributed by atoms with Crippen LogP contribution in [0.2, 0.25) is 0 Å². The predicted octanol–water partition coefficient (Wildman–Crippen LogP) is 5.89. The molecule has 2 unspecified atom stereocenters. The van der Waals surface area contributed by atoms with Gasteiger partial charge in [0.1, 0.15) is 17.2 Å². The standard InChI is InChI=1S/C37H34F4N4O4/c1-49-35(48)36(19-23-9-12-27(38)13-10-23)32-26(22-45(36)33(46)25-7-3-2-4-8-25)17-29-28(32)18-30(34(47)43-15-5-6-16-43)44(29)21-24-11-14-31(42-20-24)37(39,40)41/h2-4,7-14,18,20,26,32H,5-6,15-17,19,21-22H2,1H3/t26?,32?,36-/m1/s1. The molecule has 4 aromatic rings. The first-order valence-corrected chi connectivity index (χ1v) is 16.2. The van der Waals surface area contributed by atoms with Gasteiger partial charge in [0.15, 0.2) is 5.54 Å². The van der Waals surface area contributed by atoms with Crippen molar-refractivity contribution in [3.05, 3.63) is 124 Å². The SMILES string of the molecule is COC(=O)[C@@]1(Cc2ccc(F)cc2)C2c3cc(C(=O)N4CCCC4)n(Cc4ccc(C(F)(F)F)nc4)c3CC2CN1C(=O)c1ccccc1. The summed E-state index contributed by atoms with van der Waals surface area (Å²) in [5.74, 6) is -2.47. The highest BCUT2D eigenvalue weighted by atomic mass is 19.4. The molecule has 0 spiro atoms. The van der Waals surface area contributed by atoms with Crippen molar-refractivity contribution in [2.24, 2.45) is 5.92 Å². The van der Waals surface area contributed by atoms with E-state index in [1.54, 1.807) is 58.3 Å². The fourth-order valence-electron chi connectivity index (χ4n) is 8.02. The van der Waals surface area contributed by atoms with E-state index in [0.717, 1.165) is 24.6 Å². The van der Waals surface area contributed by atoms with Crippen LogP contribution in [0.4, 0.5) is 17.6 Å². The molecule has 4 heterocycles. The molecule has 8 nitrogen and oxygen atoms in total. The molecule has 254 valence electrons. The zero-order valence-corrected chi connectivity index (χ0v) is 26.8. The maximum Gasteiger partial charge on any atom is 0.433 e. The molecule has 2 amide bonds. The number of hydrogen-bond acceptors (Lipinski definition) is 5. The van der Waals surface area contributed by atoms with Gasteiger partial charge in [0.2, 0.25) is 0 Å². The summed E-state index contributed by atoms with van der Waals surface area (Å²) >= 11 is 0. The van der Waals surface area contributed by atoms with E-state index in [9.17, 15) is 31.9 Å². The molecule has 2 aromatic heterocycles. The van der Waals surface area contributed by atoms with Gasteiger partial charge in [0.25, 0.3) is 11.8 Å². The lowest BCUT2D eigenvalue weighted by molar-refractivity contribution is -0.153. The summed E-state index contributed by atoms with van der Waals surface area (Å²) in [5, 5.41) is 0. The second kappa shape index (κ2) is 12.5. The van der Waals surface area contributed by atoms with Crippen molar-refractivity contribution >= 4 is 17.8 Å². The lowest BCUT2D eigenvalue weighted by atomic mass is 9.75. The molecule has 2 fully saturated rings. The number of nitrogens with zero attached hydrogens (tertiary/aromatic N) is 4. The average Bonchev–Trinajstić information content (AvgIpc) is 3.89. The number of ether oxygens (including phenoxy) is 1. The number of esters is 1. The molecule has 1 aliphatic carbocycles. The number of amides is 2. The number of carbonyl (C=O) groups is 3. The van der Waals surface area contributed by atoms with E-state index in [1.807, 2.05) is 4.57 Å². The number of rotatable bonds is 7. The number of carbonyl (C=O) groups excluding carboxylic acids is 3. The monoisotopic (exact) mass is 674 g/mol. The molecule has 2 saturated heterocycles. The normalized spacial score (nSPS) is 21.5. The van der Waals surface area contributed by atoms with E-state index in [0.29, 0.717) is 47.5 Å². The molecule has 2 aliphatic heterocycles. The molecule has 3 atom stereocenters. The smallest absolute Gasteiger partial charge is 0.433 e. The Morgan fingerprint density at radius 2 is 1.63 bits per heavy atom. The van der Waals surface area contributed by atoms with Gasteiger partial charge in [-0.2, -0.15) is 13.2 Å². The number of halogens is 4. The second-order valence-corrected chi connectivity index (χ2v) is 13.0. The van der Waals surface area contributed by atoms with E-state index in [4.69, 9.17) is 4.74 Å². The number of alkyl halides is 3. The summed E-state index contributed by atoms with van der Waals surface area (Å²) in [7, 11) is 1.27. The molecule has 3 aliphatic rings. The van der Waals surface area contributed by atoms with Crippen LogP contribution < -0.4 is 0 Å². The summed E-state index contributed by atoms with van der Waals surface area (Å²) in [5.41, 5.74) is 0.779. The van der Waals surface area contributed by atoms with E-state index < -0.39 is 35.1 Å².